The summed E-state index contributed by atoms with van der Waals surface area (Å²) in [5.74, 6) is -0.922. The van der Waals surface area contributed by atoms with Crippen molar-refractivity contribution < 1.29 is 18.0 Å². The second kappa shape index (κ2) is 6.15. The van der Waals surface area contributed by atoms with E-state index in [1.807, 2.05) is 0 Å². The van der Waals surface area contributed by atoms with Gasteiger partial charge in [0.15, 0.2) is 0 Å². The standard InChI is InChI=1S/C14H16F3N3O/c15-14(16,17)11-6-5-10(12(18)21)13(20-11)19-8-7-9-3-1-2-4-9/h3,5-6H,1-2,4,7-8H2,(H2,18,21)(H,19,20). The highest BCUT2D eigenvalue weighted by atomic mass is 19.4. The molecule has 21 heavy (non-hydrogen) atoms. The number of nitrogens with one attached hydrogen (secondary N) is 1. The molecule has 0 radical (unpaired) electrons. The first kappa shape index (κ1) is 15.3. The van der Waals surface area contributed by atoms with Crippen molar-refractivity contribution in [2.45, 2.75) is 31.9 Å². The van der Waals surface area contributed by atoms with Crippen LogP contribution in [0.1, 0.15) is 41.7 Å². The van der Waals surface area contributed by atoms with Crippen LogP contribution >= 0.6 is 0 Å². The Bertz CT molecular complexity index is 567. The summed E-state index contributed by atoms with van der Waals surface area (Å²) in [5, 5.41) is 2.78. The minimum atomic E-state index is -4.55. The topological polar surface area (TPSA) is 68.0 Å². The zero-order valence-corrected chi connectivity index (χ0v) is 11.3. The molecule has 0 atom stereocenters. The van der Waals surface area contributed by atoms with Crippen LogP contribution < -0.4 is 11.1 Å². The Morgan fingerprint density at radius 3 is 2.71 bits per heavy atom. The highest BCUT2D eigenvalue weighted by Crippen LogP contribution is 2.29. The van der Waals surface area contributed by atoms with Crippen LogP contribution in [0.15, 0.2) is 23.8 Å². The number of rotatable bonds is 5. The first-order valence-electron chi connectivity index (χ1n) is 6.68. The maximum atomic E-state index is 12.7. The van der Waals surface area contributed by atoms with Crippen molar-refractivity contribution >= 4 is 11.7 Å². The van der Waals surface area contributed by atoms with Gasteiger partial charge >= 0.3 is 6.18 Å². The van der Waals surface area contributed by atoms with E-state index < -0.39 is 17.8 Å². The molecule has 1 aromatic rings. The highest BCUT2D eigenvalue weighted by Gasteiger charge is 2.33. The van der Waals surface area contributed by atoms with Crippen molar-refractivity contribution in [1.82, 2.24) is 4.98 Å². The van der Waals surface area contributed by atoms with Crippen LogP contribution in [-0.2, 0) is 6.18 Å². The normalized spacial score (nSPS) is 14.9. The number of pyridine rings is 1. The molecular formula is C14H16F3N3O. The van der Waals surface area contributed by atoms with Gasteiger partial charge in [-0.2, -0.15) is 13.2 Å². The van der Waals surface area contributed by atoms with Gasteiger partial charge in [-0.1, -0.05) is 11.6 Å². The van der Waals surface area contributed by atoms with E-state index in [0.29, 0.717) is 6.54 Å². The van der Waals surface area contributed by atoms with Crippen molar-refractivity contribution in [1.29, 1.82) is 0 Å². The van der Waals surface area contributed by atoms with Crippen LogP contribution in [0.4, 0.5) is 19.0 Å². The number of allylic oxidation sites excluding steroid dienone is 1. The fourth-order valence-corrected chi connectivity index (χ4v) is 2.26. The molecule has 4 nitrogen and oxygen atoms in total. The molecule has 0 saturated heterocycles. The van der Waals surface area contributed by atoms with Crippen LogP contribution in [0.25, 0.3) is 0 Å². The average molecular weight is 299 g/mol. The molecular weight excluding hydrogens is 283 g/mol. The number of halogens is 3. The third-order valence-electron chi connectivity index (χ3n) is 3.32. The number of hydrogen-bond acceptors (Lipinski definition) is 3. The lowest BCUT2D eigenvalue weighted by Gasteiger charge is -2.12. The van der Waals surface area contributed by atoms with Gasteiger partial charge in [0.2, 0.25) is 0 Å². The monoisotopic (exact) mass is 299 g/mol. The van der Waals surface area contributed by atoms with Gasteiger partial charge < -0.3 is 11.1 Å². The quantitative estimate of drug-likeness (QED) is 0.821. The number of hydrogen-bond donors (Lipinski definition) is 2. The summed E-state index contributed by atoms with van der Waals surface area (Å²) in [5.41, 5.74) is 5.34. The molecule has 1 heterocycles. The third-order valence-corrected chi connectivity index (χ3v) is 3.32. The number of carbonyl (C=O) groups is 1. The highest BCUT2D eigenvalue weighted by molar-refractivity contribution is 5.97. The zero-order valence-electron chi connectivity index (χ0n) is 11.3. The second-order valence-electron chi connectivity index (χ2n) is 4.89. The number of amides is 1. The van der Waals surface area contributed by atoms with Gasteiger partial charge in [-0.15, -0.1) is 0 Å². The van der Waals surface area contributed by atoms with Gasteiger partial charge in [-0.25, -0.2) is 4.98 Å². The lowest BCUT2D eigenvalue weighted by atomic mass is 10.1. The van der Waals surface area contributed by atoms with Gasteiger partial charge in [0, 0.05) is 6.54 Å². The van der Waals surface area contributed by atoms with Crippen molar-refractivity contribution in [3.63, 3.8) is 0 Å². The number of nitrogens with zero attached hydrogens (tertiary/aromatic N) is 1. The smallest absolute Gasteiger partial charge is 0.369 e. The van der Waals surface area contributed by atoms with E-state index in [2.05, 4.69) is 16.4 Å². The van der Waals surface area contributed by atoms with E-state index in [0.717, 1.165) is 37.8 Å². The molecule has 0 bridgehead atoms. The maximum absolute atomic E-state index is 12.7. The van der Waals surface area contributed by atoms with Gasteiger partial charge in [0.25, 0.3) is 5.91 Å². The Hall–Kier alpha value is -2.05. The van der Waals surface area contributed by atoms with Gasteiger partial charge in [0.05, 0.1) is 5.56 Å². The number of nitrogens with two attached hydrogens (primary N) is 1. The molecule has 3 N–H and O–H groups in total. The van der Waals surface area contributed by atoms with E-state index in [1.165, 1.54) is 5.57 Å². The Balaban J connectivity index is 2.12. The largest absolute Gasteiger partial charge is 0.433 e. The molecule has 114 valence electrons. The molecule has 0 aliphatic heterocycles. The lowest BCUT2D eigenvalue weighted by Crippen LogP contribution is -2.18. The predicted octanol–water partition coefficient (Wildman–Crippen LogP) is 3.11. The summed E-state index contributed by atoms with van der Waals surface area (Å²) in [7, 11) is 0. The lowest BCUT2D eigenvalue weighted by molar-refractivity contribution is -0.141. The number of aromatic nitrogens is 1. The van der Waals surface area contributed by atoms with Gasteiger partial charge in [-0.05, 0) is 37.8 Å². The third kappa shape index (κ3) is 3.96. The van der Waals surface area contributed by atoms with Crippen molar-refractivity contribution in [3.8, 4) is 0 Å². The van der Waals surface area contributed by atoms with E-state index in [4.69, 9.17) is 5.73 Å². The second-order valence-corrected chi connectivity index (χ2v) is 4.89. The van der Waals surface area contributed by atoms with Crippen LogP contribution in [0, 0.1) is 0 Å². The Kier molecular flexibility index (Phi) is 4.50. The van der Waals surface area contributed by atoms with Crippen molar-refractivity contribution in [2.75, 3.05) is 11.9 Å². The fraction of sp³-hybridized carbons (Fsp3) is 0.429. The molecule has 0 fully saturated rings. The summed E-state index contributed by atoms with van der Waals surface area (Å²) in [6.07, 6.45) is 1.47. The SMILES string of the molecule is NC(=O)c1ccc(C(F)(F)F)nc1NCCC1=CCCC1. The number of alkyl halides is 3. The molecule has 1 aliphatic carbocycles. The molecule has 1 amide bonds. The van der Waals surface area contributed by atoms with E-state index in [1.54, 1.807) is 0 Å². The summed E-state index contributed by atoms with van der Waals surface area (Å²) < 4.78 is 38.0. The van der Waals surface area contributed by atoms with E-state index in [9.17, 15) is 18.0 Å². The van der Waals surface area contributed by atoms with Crippen LogP contribution in [0.2, 0.25) is 0 Å². The molecule has 0 spiro atoms. The Morgan fingerprint density at radius 2 is 2.14 bits per heavy atom. The first-order chi connectivity index (χ1) is 9.88. The van der Waals surface area contributed by atoms with Crippen LogP contribution in [-0.4, -0.2) is 17.4 Å². The molecule has 0 aromatic carbocycles. The molecule has 1 aromatic heterocycles. The summed E-state index contributed by atoms with van der Waals surface area (Å²) in [6, 6.07) is 1.81. The zero-order chi connectivity index (χ0) is 15.5. The molecule has 1 aliphatic rings. The van der Waals surface area contributed by atoms with Gasteiger partial charge in [0.1, 0.15) is 11.5 Å². The summed E-state index contributed by atoms with van der Waals surface area (Å²) in [4.78, 5) is 14.7. The van der Waals surface area contributed by atoms with E-state index >= 15 is 0 Å². The van der Waals surface area contributed by atoms with Gasteiger partial charge in [-0.3, -0.25) is 4.79 Å². The Morgan fingerprint density at radius 1 is 1.38 bits per heavy atom. The molecule has 0 saturated carbocycles. The number of primary amides is 1. The summed E-state index contributed by atoms with van der Waals surface area (Å²) >= 11 is 0. The minimum Gasteiger partial charge on any atom is -0.369 e. The van der Waals surface area contributed by atoms with Crippen LogP contribution in [0.3, 0.4) is 0 Å². The van der Waals surface area contributed by atoms with Crippen LogP contribution in [0.5, 0.6) is 0 Å². The predicted molar refractivity (Wildman–Crippen MR) is 72.8 cm³/mol. The van der Waals surface area contributed by atoms with Crippen molar-refractivity contribution in [3.05, 3.63) is 35.0 Å². The minimum absolute atomic E-state index is 0.0385. The Labute approximate surface area is 120 Å². The number of carbonyl (C=O) groups excluding carboxylic acids is 1. The molecule has 0 unspecified atom stereocenters. The van der Waals surface area contributed by atoms with E-state index in [-0.39, 0.29) is 11.4 Å². The average Bonchev–Trinajstić information content (AvgIpc) is 2.90. The first-order valence-corrected chi connectivity index (χ1v) is 6.68. The fourth-order valence-electron chi connectivity index (χ4n) is 2.26. The molecule has 2 rings (SSSR count). The van der Waals surface area contributed by atoms with Crippen molar-refractivity contribution in [2.24, 2.45) is 5.73 Å². The maximum Gasteiger partial charge on any atom is 0.433 e. The summed E-state index contributed by atoms with van der Waals surface area (Å²) in [6.45, 7) is 0.417. The molecule has 7 heteroatoms. The number of anilines is 1.